The van der Waals surface area contributed by atoms with E-state index < -0.39 is 0 Å². The van der Waals surface area contributed by atoms with E-state index in [0.29, 0.717) is 29.5 Å². The zero-order valence-electron chi connectivity index (χ0n) is 13.2. The van der Waals surface area contributed by atoms with E-state index in [4.69, 9.17) is 10.5 Å². The van der Waals surface area contributed by atoms with E-state index in [9.17, 15) is 4.79 Å². The van der Waals surface area contributed by atoms with E-state index in [1.807, 2.05) is 12.1 Å². The molecule has 0 aliphatic carbocycles. The minimum atomic E-state index is -0.379. The van der Waals surface area contributed by atoms with Crippen LogP contribution in [0.1, 0.15) is 42.6 Å². The Morgan fingerprint density at radius 3 is 2.45 bits per heavy atom. The molecule has 2 aromatic carbocycles. The molecule has 2 aromatic rings. The summed E-state index contributed by atoms with van der Waals surface area (Å²) in [6.07, 6.45) is 0. The van der Waals surface area contributed by atoms with E-state index in [1.165, 1.54) is 5.56 Å². The van der Waals surface area contributed by atoms with Crippen LogP contribution in [0.2, 0.25) is 0 Å². The predicted molar refractivity (Wildman–Crippen MR) is 90.6 cm³/mol. The first kappa shape index (κ1) is 15.9. The van der Waals surface area contributed by atoms with E-state index in [-0.39, 0.29) is 5.97 Å². The van der Waals surface area contributed by atoms with Crippen LogP contribution in [0.5, 0.6) is 0 Å². The van der Waals surface area contributed by atoms with Gasteiger partial charge in [0.15, 0.2) is 0 Å². The van der Waals surface area contributed by atoms with Crippen molar-refractivity contribution in [3.05, 3.63) is 53.6 Å². The van der Waals surface area contributed by atoms with E-state index >= 15 is 0 Å². The summed E-state index contributed by atoms with van der Waals surface area (Å²) in [5, 5.41) is 3.25. The van der Waals surface area contributed by atoms with Crippen molar-refractivity contribution in [3.8, 4) is 0 Å². The minimum Gasteiger partial charge on any atom is -0.462 e. The Morgan fingerprint density at radius 2 is 1.86 bits per heavy atom. The van der Waals surface area contributed by atoms with Gasteiger partial charge in [0.2, 0.25) is 0 Å². The fourth-order valence-electron chi connectivity index (χ4n) is 2.16. The molecule has 2 rings (SSSR count). The Bertz CT molecular complexity index is 649. The van der Waals surface area contributed by atoms with Gasteiger partial charge in [0, 0.05) is 11.4 Å². The maximum Gasteiger partial charge on any atom is 0.340 e. The Labute approximate surface area is 131 Å². The highest BCUT2D eigenvalue weighted by molar-refractivity contribution is 5.97. The molecule has 0 saturated carbocycles. The summed E-state index contributed by atoms with van der Waals surface area (Å²) in [6.45, 7) is 6.42. The summed E-state index contributed by atoms with van der Waals surface area (Å²) < 4.78 is 5.08. The predicted octanol–water partition coefficient (Wildman–Crippen LogP) is 4.31. The molecule has 0 spiro atoms. The third kappa shape index (κ3) is 3.79. The van der Waals surface area contributed by atoms with Crippen LogP contribution in [0.3, 0.4) is 0 Å². The van der Waals surface area contributed by atoms with Gasteiger partial charge in [-0.15, -0.1) is 0 Å². The molecule has 0 fully saturated rings. The molecule has 0 atom stereocenters. The second-order valence-electron chi connectivity index (χ2n) is 5.43. The molecule has 116 valence electrons. The lowest BCUT2D eigenvalue weighted by molar-refractivity contribution is 0.0527. The van der Waals surface area contributed by atoms with Crippen LogP contribution in [0.15, 0.2) is 42.5 Å². The molecule has 0 bridgehead atoms. The molecule has 0 saturated heterocycles. The summed E-state index contributed by atoms with van der Waals surface area (Å²) in [4.78, 5) is 12.0. The largest absolute Gasteiger partial charge is 0.462 e. The number of nitrogens with two attached hydrogens (primary N) is 1. The van der Waals surface area contributed by atoms with E-state index in [2.05, 4.69) is 31.3 Å². The minimum absolute atomic E-state index is 0.330. The molecule has 3 N–H and O–H groups in total. The maximum atomic E-state index is 12.0. The fourth-order valence-corrected chi connectivity index (χ4v) is 2.16. The van der Waals surface area contributed by atoms with Gasteiger partial charge in [-0.05, 0) is 48.7 Å². The van der Waals surface area contributed by atoms with Crippen molar-refractivity contribution < 1.29 is 9.53 Å². The lowest BCUT2D eigenvalue weighted by Crippen LogP contribution is -2.08. The molecule has 0 unspecified atom stereocenters. The molecule has 22 heavy (non-hydrogen) atoms. The number of rotatable bonds is 5. The van der Waals surface area contributed by atoms with Crippen molar-refractivity contribution in [2.45, 2.75) is 26.7 Å². The monoisotopic (exact) mass is 298 g/mol. The zero-order chi connectivity index (χ0) is 16.1. The first-order valence-corrected chi connectivity index (χ1v) is 7.45. The van der Waals surface area contributed by atoms with Crippen molar-refractivity contribution in [2.24, 2.45) is 0 Å². The molecule has 0 aromatic heterocycles. The molecule has 0 heterocycles. The van der Waals surface area contributed by atoms with E-state index in [0.717, 1.165) is 5.69 Å². The summed E-state index contributed by atoms with van der Waals surface area (Å²) >= 11 is 0. The van der Waals surface area contributed by atoms with Crippen LogP contribution >= 0.6 is 0 Å². The lowest BCUT2D eigenvalue weighted by atomic mass is 10.0. The number of carbonyl (C=O) groups excluding carboxylic acids is 1. The highest BCUT2D eigenvalue weighted by Crippen LogP contribution is 2.25. The molecule has 0 radical (unpaired) electrons. The van der Waals surface area contributed by atoms with Gasteiger partial charge >= 0.3 is 5.97 Å². The zero-order valence-corrected chi connectivity index (χ0v) is 13.2. The van der Waals surface area contributed by atoms with Crippen LogP contribution in [0.4, 0.5) is 17.1 Å². The van der Waals surface area contributed by atoms with Gasteiger partial charge in [-0.1, -0.05) is 26.0 Å². The molecule has 0 amide bonds. The molecular weight excluding hydrogens is 276 g/mol. The topological polar surface area (TPSA) is 64.3 Å². The molecule has 4 heteroatoms. The summed E-state index contributed by atoms with van der Waals surface area (Å²) in [5.41, 5.74) is 9.62. The van der Waals surface area contributed by atoms with Crippen LogP contribution in [-0.2, 0) is 4.74 Å². The van der Waals surface area contributed by atoms with Crippen molar-refractivity contribution in [3.63, 3.8) is 0 Å². The van der Waals surface area contributed by atoms with Crippen LogP contribution in [-0.4, -0.2) is 12.6 Å². The standard InChI is InChI=1S/C18H22N2O2/c1-4-22-18(21)16-11-14(19)7-10-17(16)20-15-8-5-13(6-9-15)12(2)3/h5-12,20H,4,19H2,1-3H3. The lowest BCUT2D eigenvalue weighted by Gasteiger charge is -2.13. The number of anilines is 3. The molecular formula is C18H22N2O2. The Kier molecular flexibility index (Phi) is 5.04. The van der Waals surface area contributed by atoms with Gasteiger partial charge in [-0.2, -0.15) is 0 Å². The van der Waals surface area contributed by atoms with Gasteiger partial charge in [0.25, 0.3) is 0 Å². The Morgan fingerprint density at radius 1 is 1.18 bits per heavy atom. The quantitative estimate of drug-likeness (QED) is 0.637. The Hall–Kier alpha value is -2.49. The maximum absolute atomic E-state index is 12.0. The summed E-state index contributed by atoms with van der Waals surface area (Å²) in [7, 11) is 0. The third-order valence-corrected chi connectivity index (χ3v) is 3.40. The average Bonchev–Trinajstić information content (AvgIpc) is 2.50. The first-order chi connectivity index (χ1) is 10.5. The molecule has 0 aliphatic heterocycles. The number of hydrogen-bond acceptors (Lipinski definition) is 4. The SMILES string of the molecule is CCOC(=O)c1cc(N)ccc1Nc1ccc(C(C)C)cc1. The van der Waals surface area contributed by atoms with Crippen molar-refractivity contribution in [1.29, 1.82) is 0 Å². The first-order valence-electron chi connectivity index (χ1n) is 7.45. The van der Waals surface area contributed by atoms with Crippen molar-refractivity contribution >= 4 is 23.0 Å². The van der Waals surface area contributed by atoms with Crippen LogP contribution in [0, 0.1) is 0 Å². The third-order valence-electron chi connectivity index (χ3n) is 3.40. The van der Waals surface area contributed by atoms with Crippen LogP contribution < -0.4 is 11.1 Å². The average molecular weight is 298 g/mol. The number of esters is 1. The van der Waals surface area contributed by atoms with Gasteiger partial charge in [-0.25, -0.2) is 4.79 Å². The number of benzene rings is 2. The highest BCUT2D eigenvalue weighted by Gasteiger charge is 2.13. The fraction of sp³-hybridized carbons (Fsp3) is 0.278. The second-order valence-corrected chi connectivity index (χ2v) is 5.43. The van der Waals surface area contributed by atoms with Gasteiger partial charge in [0.1, 0.15) is 0 Å². The summed E-state index contributed by atoms with van der Waals surface area (Å²) in [6, 6.07) is 13.3. The smallest absolute Gasteiger partial charge is 0.340 e. The van der Waals surface area contributed by atoms with Gasteiger partial charge < -0.3 is 15.8 Å². The van der Waals surface area contributed by atoms with E-state index in [1.54, 1.807) is 25.1 Å². The van der Waals surface area contributed by atoms with Gasteiger partial charge in [0.05, 0.1) is 17.9 Å². The number of hydrogen-bond donors (Lipinski definition) is 2. The second kappa shape index (κ2) is 6.98. The van der Waals surface area contributed by atoms with Crippen molar-refractivity contribution in [2.75, 3.05) is 17.7 Å². The number of nitrogens with one attached hydrogen (secondary N) is 1. The van der Waals surface area contributed by atoms with Crippen LogP contribution in [0.25, 0.3) is 0 Å². The summed E-state index contributed by atoms with van der Waals surface area (Å²) in [5.74, 6) is 0.108. The highest BCUT2D eigenvalue weighted by atomic mass is 16.5. The molecule has 4 nitrogen and oxygen atoms in total. The molecule has 0 aliphatic rings. The number of ether oxygens (including phenoxy) is 1. The van der Waals surface area contributed by atoms with Crippen molar-refractivity contribution in [1.82, 2.24) is 0 Å². The number of carbonyl (C=O) groups is 1. The Balaban J connectivity index is 2.26. The normalized spacial score (nSPS) is 10.5. The van der Waals surface area contributed by atoms with Gasteiger partial charge in [-0.3, -0.25) is 0 Å². The number of nitrogen functional groups attached to an aromatic ring is 1.